The number of aromatic nitrogens is 2. The van der Waals surface area contributed by atoms with Crippen molar-refractivity contribution < 1.29 is 5.11 Å². The van der Waals surface area contributed by atoms with Crippen LogP contribution in [-0.4, -0.2) is 38.1 Å². The van der Waals surface area contributed by atoms with Crippen LogP contribution in [0.25, 0.3) is 5.65 Å². The van der Waals surface area contributed by atoms with Crippen molar-refractivity contribution in [2.75, 3.05) is 13.1 Å². The number of fused-ring (bicyclic) bond motifs is 1. The van der Waals surface area contributed by atoms with Gasteiger partial charge in [-0.3, -0.25) is 4.90 Å². The molecule has 0 radical (unpaired) electrons. The zero-order chi connectivity index (χ0) is 11.9. The van der Waals surface area contributed by atoms with Crippen molar-refractivity contribution in [1.29, 1.82) is 0 Å². The number of hydrogen-bond acceptors (Lipinski definition) is 3. The number of hydrogen-bond donors (Lipinski definition) is 1. The first kappa shape index (κ1) is 10.7. The van der Waals surface area contributed by atoms with Gasteiger partial charge in [-0.2, -0.15) is 0 Å². The Morgan fingerprint density at radius 1 is 1.41 bits per heavy atom. The van der Waals surface area contributed by atoms with Crippen LogP contribution in [0.2, 0.25) is 0 Å². The minimum absolute atomic E-state index is 0.459. The number of likely N-dealkylation sites (tertiary alicyclic amines) is 1. The molecule has 1 fully saturated rings. The van der Waals surface area contributed by atoms with Crippen LogP contribution < -0.4 is 0 Å². The lowest BCUT2D eigenvalue weighted by atomic mass is 9.91. The van der Waals surface area contributed by atoms with Crippen LogP contribution in [0.15, 0.2) is 30.6 Å². The van der Waals surface area contributed by atoms with Gasteiger partial charge in [0.05, 0.1) is 11.3 Å². The van der Waals surface area contributed by atoms with Crippen LogP contribution in [0.1, 0.15) is 19.0 Å². The normalized spacial score (nSPS) is 19.4. The monoisotopic (exact) mass is 231 g/mol. The van der Waals surface area contributed by atoms with Crippen molar-refractivity contribution in [3.05, 3.63) is 36.3 Å². The fraction of sp³-hybridized carbons (Fsp3) is 0.462. The van der Waals surface area contributed by atoms with Gasteiger partial charge in [0.15, 0.2) is 0 Å². The summed E-state index contributed by atoms with van der Waals surface area (Å²) in [5.41, 5.74) is 1.59. The van der Waals surface area contributed by atoms with Gasteiger partial charge in [0.2, 0.25) is 0 Å². The molecule has 17 heavy (non-hydrogen) atoms. The highest BCUT2D eigenvalue weighted by atomic mass is 16.3. The average Bonchev–Trinajstić information content (AvgIpc) is 2.69. The molecule has 0 aromatic carbocycles. The maximum absolute atomic E-state index is 9.94. The van der Waals surface area contributed by atoms with E-state index in [1.807, 2.05) is 35.7 Å². The van der Waals surface area contributed by atoms with E-state index in [-0.39, 0.29) is 0 Å². The first-order valence-electron chi connectivity index (χ1n) is 6.06. The van der Waals surface area contributed by atoms with Gasteiger partial charge in [-0.15, -0.1) is 0 Å². The minimum Gasteiger partial charge on any atom is -0.387 e. The molecule has 0 spiro atoms. The summed E-state index contributed by atoms with van der Waals surface area (Å²) in [6.07, 6.45) is 4.89. The summed E-state index contributed by atoms with van der Waals surface area (Å²) in [6, 6.07) is 5.99. The quantitative estimate of drug-likeness (QED) is 0.865. The molecule has 0 saturated carbocycles. The molecule has 3 rings (SSSR count). The summed E-state index contributed by atoms with van der Waals surface area (Å²) in [5.74, 6) is 0. The van der Waals surface area contributed by atoms with Gasteiger partial charge in [-0.1, -0.05) is 13.0 Å². The summed E-state index contributed by atoms with van der Waals surface area (Å²) < 4.78 is 2.03. The molecular formula is C13H17N3O. The summed E-state index contributed by atoms with van der Waals surface area (Å²) in [7, 11) is 0. The molecule has 1 N–H and O–H groups in total. The number of pyridine rings is 1. The maximum atomic E-state index is 9.94. The van der Waals surface area contributed by atoms with Gasteiger partial charge >= 0.3 is 0 Å². The Labute approximate surface area is 101 Å². The van der Waals surface area contributed by atoms with Crippen LogP contribution in [0.5, 0.6) is 0 Å². The molecule has 0 atom stereocenters. The molecule has 1 aliphatic rings. The summed E-state index contributed by atoms with van der Waals surface area (Å²) in [4.78, 5) is 6.78. The van der Waals surface area contributed by atoms with Crippen molar-refractivity contribution >= 4 is 5.65 Å². The van der Waals surface area contributed by atoms with Crippen molar-refractivity contribution in [1.82, 2.24) is 14.3 Å². The standard InChI is InChI=1S/C13H17N3O/c1-2-13(17)9-15(10-13)7-11-8-16-6-4-3-5-12(16)14-11/h3-6,8,17H,2,7,9-10H2,1H3. The van der Waals surface area contributed by atoms with Gasteiger partial charge < -0.3 is 9.51 Å². The van der Waals surface area contributed by atoms with Crippen molar-refractivity contribution in [3.63, 3.8) is 0 Å². The second kappa shape index (κ2) is 3.82. The summed E-state index contributed by atoms with van der Waals surface area (Å²) in [6.45, 7) is 4.38. The molecule has 4 heteroatoms. The highest BCUT2D eigenvalue weighted by Crippen LogP contribution is 2.25. The van der Waals surface area contributed by atoms with Gasteiger partial charge in [0.1, 0.15) is 5.65 Å². The van der Waals surface area contributed by atoms with E-state index in [0.717, 1.165) is 37.4 Å². The van der Waals surface area contributed by atoms with Crippen molar-refractivity contribution in [3.8, 4) is 0 Å². The molecule has 1 saturated heterocycles. The second-order valence-electron chi connectivity index (χ2n) is 4.92. The van der Waals surface area contributed by atoms with Gasteiger partial charge in [-0.25, -0.2) is 4.98 Å². The molecular weight excluding hydrogens is 214 g/mol. The fourth-order valence-corrected chi connectivity index (χ4v) is 2.41. The Hall–Kier alpha value is -1.39. The Bertz CT molecular complexity index is 495. The lowest BCUT2D eigenvalue weighted by Gasteiger charge is -2.45. The molecule has 0 aliphatic carbocycles. The molecule has 0 amide bonds. The molecule has 0 bridgehead atoms. The zero-order valence-corrected chi connectivity index (χ0v) is 10.0. The molecule has 1 aliphatic heterocycles. The highest BCUT2D eigenvalue weighted by Gasteiger charge is 2.39. The van der Waals surface area contributed by atoms with E-state index in [4.69, 9.17) is 0 Å². The Morgan fingerprint density at radius 3 is 2.94 bits per heavy atom. The lowest BCUT2D eigenvalue weighted by Crippen LogP contribution is -2.60. The summed E-state index contributed by atoms with van der Waals surface area (Å²) >= 11 is 0. The Morgan fingerprint density at radius 2 is 2.24 bits per heavy atom. The lowest BCUT2D eigenvalue weighted by molar-refractivity contribution is -0.103. The highest BCUT2D eigenvalue weighted by molar-refractivity contribution is 5.39. The zero-order valence-electron chi connectivity index (χ0n) is 10.0. The third-order valence-corrected chi connectivity index (χ3v) is 3.49. The average molecular weight is 231 g/mol. The van der Waals surface area contributed by atoms with Crippen molar-refractivity contribution in [2.24, 2.45) is 0 Å². The SMILES string of the molecule is CCC1(O)CN(Cc2cn3ccccc3n2)C1. The van der Waals surface area contributed by atoms with E-state index < -0.39 is 5.60 Å². The Kier molecular flexibility index (Phi) is 2.42. The smallest absolute Gasteiger partial charge is 0.137 e. The van der Waals surface area contributed by atoms with Crippen LogP contribution in [0.3, 0.4) is 0 Å². The van der Waals surface area contributed by atoms with Crippen LogP contribution in [0.4, 0.5) is 0 Å². The van der Waals surface area contributed by atoms with Gasteiger partial charge in [0.25, 0.3) is 0 Å². The molecule has 2 aromatic heterocycles. The largest absolute Gasteiger partial charge is 0.387 e. The van der Waals surface area contributed by atoms with Gasteiger partial charge in [-0.05, 0) is 18.6 Å². The molecule has 4 nitrogen and oxygen atoms in total. The number of aliphatic hydroxyl groups is 1. The molecule has 90 valence electrons. The number of imidazole rings is 1. The van der Waals surface area contributed by atoms with Crippen LogP contribution >= 0.6 is 0 Å². The third kappa shape index (κ3) is 1.94. The molecule has 0 unspecified atom stereocenters. The molecule has 3 heterocycles. The first-order valence-corrected chi connectivity index (χ1v) is 6.06. The second-order valence-corrected chi connectivity index (χ2v) is 4.92. The van der Waals surface area contributed by atoms with E-state index in [0.29, 0.717) is 0 Å². The predicted molar refractivity (Wildman–Crippen MR) is 65.7 cm³/mol. The van der Waals surface area contributed by atoms with E-state index in [9.17, 15) is 5.11 Å². The number of nitrogens with zero attached hydrogens (tertiary/aromatic N) is 3. The molecule has 2 aromatic rings. The van der Waals surface area contributed by atoms with E-state index in [1.165, 1.54) is 0 Å². The number of β-amino-alcohol motifs (C(OH)–C–C–N with tert-alkyl or cyclic N) is 1. The van der Waals surface area contributed by atoms with E-state index >= 15 is 0 Å². The van der Waals surface area contributed by atoms with Gasteiger partial charge in [0, 0.05) is 32.0 Å². The van der Waals surface area contributed by atoms with Crippen LogP contribution in [0, 0.1) is 0 Å². The minimum atomic E-state index is -0.459. The Balaban J connectivity index is 1.70. The third-order valence-electron chi connectivity index (χ3n) is 3.49. The van der Waals surface area contributed by atoms with Crippen molar-refractivity contribution in [2.45, 2.75) is 25.5 Å². The van der Waals surface area contributed by atoms with E-state index in [1.54, 1.807) is 0 Å². The predicted octanol–water partition coefficient (Wildman–Crippen LogP) is 1.29. The van der Waals surface area contributed by atoms with Crippen LogP contribution in [-0.2, 0) is 6.54 Å². The maximum Gasteiger partial charge on any atom is 0.137 e. The van der Waals surface area contributed by atoms with E-state index in [2.05, 4.69) is 16.1 Å². The summed E-state index contributed by atoms with van der Waals surface area (Å²) in [5, 5.41) is 9.94. The number of rotatable bonds is 3. The topological polar surface area (TPSA) is 40.8 Å². The fourth-order valence-electron chi connectivity index (χ4n) is 2.41. The first-order chi connectivity index (χ1) is 8.18.